The number of para-hydroxylation sites is 1. The van der Waals surface area contributed by atoms with Crippen molar-refractivity contribution in [1.82, 2.24) is 9.78 Å². The van der Waals surface area contributed by atoms with Gasteiger partial charge in [0.1, 0.15) is 11.6 Å². The van der Waals surface area contributed by atoms with Gasteiger partial charge in [-0.15, -0.1) is 0 Å². The molecule has 6 heteroatoms. The standard InChI is InChI=1S/C22H25N3O3/c1-14-8-6-7-9-18(14)25-20(13-19(24-25)22(2,3)4)23-17-11-10-15(28-5)12-16(17)21(26)27/h6-13,23H,1-5H3,(H,26,27). The fourth-order valence-corrected chi connectivity index (χ4v) is 2.90. The van der Waals surface area contributed by atoms with E-state index < -0.39 is 5.97 Å². The Balaban J connectivity index is 2.13. The Morgan fingerprint density at radius 2 is 1.86 bits per heavy atom. The van der Waals surface area contributed by atoms with Crippen molar-refractivity contribution in [1.29, 1.82) is 0 Å². The number of carboxylic acids is 1. The number of ether oxygens (including phenoxy) is 1. The predicted molar refractivity (Wildman–Crippen MR) is 110 cm³/mol. The SMILES string of the molecule is COc1ccc(Nc2cc(C(C)(C)C)nn2-c2ccccc2C)c(C(=O)O)c1. The first-order valence-corrected chi connectivity index (χ1v) is 9.05. The Bertz CT molecular complexity index is 1020. The summed E-state index contributed by atoms with van der Waals surface area (Å²) in [6, 6.07) is 14.8. The van der Waals surface area contributed by atoms with Gasteiger partial charge in [-0.3, -0.25) is 0 Å². The molecule has 1 aromatic heterocycles. The van der Waals surface area contributed by atoms with Crippen molar-refractivity contribution >= 4 is 17.5 Å². The third-order valence-electron chi connectivity index (χ3n) is 4.54. The van der Waals surface area contributed by atoms with Crippen LogP contribution >= 0.6 is 0 Å². The first-order chi connectivity index (χ1) is 13.2. The Hall–Kier alpha value is -3.28. The quantitative estimate of drug-likeness (QED) is 0.657. The van der Waals surface area contributed by atoms with Gasteiger partial charge in [-0.05, 0) is 36.8 Å². The highest BCUT2D eigenvalue weighted by Gasteiger charge is 2.22. The molecule has 0 fully saturated rings. The van der Waals surface area contributed by atoms with Gasteiger partial charge < -0.3 is 15.2 Å². The van der Waals surface area contributed by atoms with E-state index in [1.165, 1.54) is 13.2 Å². The average Bonchev–Trinajstić information content (AvgIpc) is 3.06. The van der Waals surface area contributed by atoms with Gasteiger partial charge in [0.05, 0.1) is 29.7 Å². The number of carboxylic acid groups (broad SMARTS) is 1. The molecule has 0 aliphatic rings. The van der Waals surface area contributed by atoms with Crippen molar-refractivity contribution in [3.63, 3.8) is 0 Å². The van der Waals surface area contributed by atoms with Crippen LogP contribution in [0.4, 0.5) is 11.5 Å². The van der Waals surface area contributed by atoms with Crippen LogP contribution < -0.4 is 10.1 Å². The summed E-state index contributed by atoms with van der Waals surface area (Å²) < 4.78 is 6.98. The lowest BCUT2D eigenvalue weighted by molar-refractivity contribution is 0.0697. The van der Waals surface area contributed by atoms with Crippen LogP contribution in [0.25, 0.3) is 5.69 Å². The van der Waals surface area contributed by atoms with Gasteiger partial charge >= 0.3 is 5.97 Å². The molecule has 1 heterocycles. The molecule has 146 valence electrons. The number of nitrogens with one attached hydrogen (secondary N) is 1. The van der Waals surface area contributed by atoms with Gasteiger partial charge in [0, 0.05) is 11.5 Å². The Morgan fingerprint density at radius 1 is 1.14 bits per heavy atom. The second-order valence-electron chi connectivity index (χ2n) is 7.70. The van der Waals surface area contributed by atoms with Crippen LogP contribution in [0.15, 0.2) is 48.5 Å². The van der Waals surface area contributed by atoms with E-state index in [0.717, 1.165) is 16.9 Å². The van der Waals surface area contributed by atoms with Crippen LogP contribution in [0, 0.1) is 6.92 Å². The second kappa shape index (κ2) is 7.38. The minimum Gasteiger partial charge on any atom is -0.497 e. The molecule has 3 rings (SSSR count). The van der Waals surface area contributed by atoms with Crippen molar-refractivity contribution in [2.45, 2.75) is 33.1 Å². The lowest BCUT2D eigenvalue weighted by Crippen LogP contribution is -2.13. The zero-order chi connectivity index (χ0) is 20.5. The first-order valence-electron chi connectivity index (χ1n) is 9.05. The number of anilines is 2. The van der Waals surface area contributed by atoms with E-state index in [4.69, 9.17) is 9.84 Å². The molecule has 0 bridgehead atoms. The molecule has 0 saturated heterocycles. The monoisotopic (exact) mass is 379 g/mol. The maximum absolute atomic E-state index is 11.7. The summed E-state index contributed by atoms with van der Waals surface area (Å²) in [7, 11) is 1.51. The van der Waals surface area contributed by atoms with Gasteiger partial charge in [0.15, 0.2) is 0 Å². The van der Waals surface area contributed by atoms with Crippen molar-refractivity contribution in [2.75, 3.05) is 12.4 Å². The molecule has 0 aliphatic carbocycles. The second-order valence-corrected chi connectivity index (χ2v) is 7.70. The summed E-state index contributed by atoms with van der Waals surface area (Å²) in [5.74, 6) is 0.164. The number of rotatable bonds is 5. The number of aryl methyl sites for hydroxylation is 1. The van der Waals surface area contributed by atoms with Crippen LogP contribution in [-0.2, 0) is 5.41 Å². The maximum atomic E-state index is 11.7. The largest absolute Gasteiger partial charge is 0.497 e. The minimum absolute atomic E-state index is 0.134. The lowest BCUT2D eigenvalue weighted by atomic mass is 9.92. The van der Waals surface area contributed by atoms with Crippen LogP contribution in [0.3, 0.4) is 0 Å². The molecule has 0 saturated carbocycles. The molecule has 0 unspecified atom stereocenters. The van der Waals surface area contributed by atoms with E-state index in [9.17, 15) is 9.90 Å². The minimum atomic E-state index is -1.03. The summed E-state index contributed by atoms with van der Waals surface area (Å²) in [6.07, 6.45) is 0. The molecule has 2 aromatic carbocycles. The fraction of sp³-hybridized carbons (Fsp3) is 0.273. The van der Waals surface area contributed by atoms with Crippen molar-refractivity contribution in [2.24, 2.45) is 0 Å². The molecule has 0 spiro atoms. The van der Waals surface area contributed by atoms with Crippen molar-refractivity contribution in [3.8, 4) is 11.4 Å². The number of carbonyl (C=O) groups is 1. The number of nitrogens with zero attached hydrogens (tertiary/aromatic N) is 2. The van der Waals surface area contributed by atoms with Crippen LogP contribution in [0.1, 0.15) is 42.4 Å². The van der Waals surface area contributed by atoms with E-state index in [0.29, 0.717) is 17.3 Å². The predicted octanol–water partition coefficient (Wildman–Crippen LogP) is 4.93. The number of hydrogen-bond donors (Lipinski definition) is 2. The average molecular weight is 379 g/mol. The smallest absolute Gasteiger partial charge is 0.337 e. The zero-order valence-corrected chi connectivity index (χ0v) is 16.8. The summed E-state index contributed by atoms with van der Waals surface area (Å²) in [6.45, 7) is 8.31. The maximum Gasteiger partial charge on any atom is 0.337 e. The number of aromatic carboxylic acids is 1. The van der Waals surface area contributed by atoms with E-state index in [2.05, 4.69) is 26.1 Å². The van der Waals surface area contributed by atoms with Crippen LogP contribution in [-0.4, -0.2) is 28.0 Å². The van der Waals surface area contributed by atoms with E-state index in [1.54, 1.807) is 12.1 Å². The molecule has 0 amide bonds. The van der Waals surface area contributed by atoms with E-state index >= 15 is 0 Å². The Morgan fingerprint density at radius 3 is 2.46 bits per heavy atom. The van der Waals surface area contributed by atoms with Gasteiger partial charge in [-0.25, -0.2) is 9.48 Å². The highest BCUT2D eigenvalue weighted by Crippen LogP contribution is 2.31. The first kappa shape index (κ1) is 19.5. The summed E-state index contributed by atoms with van der Waals surface area (Å²) in [5.41, 5.74) is 3.37. The lowest BCUT2D eigenvalue weighted by Gasteiger charge is -2.14. The van der Waals surface area contributed by atoms with Gasteiger partial charge in [0.25, 0.3) is 0 Å². The van der Waals surface area contributed by atoms with Gasteiger partial charge in [-0.2, -0.15) is 5.10 Å². The molecule has 28 heavy (non-hydrogen) atoms. The molecule has 0 atom stereocenters. The summed E-state index contributed by atoms with van der Waals surface area (Å²) in [4.78, 5) is 11.7. The van der Waals surface area contributed by atoms with Crippen LogP contribution in [0.2, 0.25) is 0 Å². The van der Waals surface area contributed by atoms with Crippen LogP contribution in [0.5, 0.6) is 5.75 Å². The van der Waals surface area contributed by atoms with Gasteiger partial charge in [-0.1, -0.05) is 39.0 Å². The Kier molecular flexibility index (Phi) is 5.14. The van der Waals surface area contributed by atoms with E-state index in [1.807, 2.05) is 41.9 Å². The molecule has 0 radical (unpaired) electrons. The third kappa shape index (κ3) is 3.86. The summed E-state index contributed by atoms with van der Waals surface area (Å²) >= 11 is 0. The molecule has 6 nitrogen and oxygen atoms in total. The summed E-state index contributed by atoms with van der Waals surface area (Å²) in [5, 5.41) is 17.7. The highest BCUT2D eigenvalue weighted by molar-refractivity contribution is 5.95. The molecular weight excluding hydrogens is 354 g/mol. The fourth-order valence-electron chi connectivity index (χ4n) is 2.90. The third-order valence-corrected chi connectivity index (χ3v) is 4.54. The normalized spacial score (nSPS) is 11.3. The zero-order valence-electron chi connectivity index (χ0n) is 16.8. The Labute approximate surface area is 164 Å². The van der Waals surface area contributed by atoms with Gasteiger partial charge in [0.2, 0.25) is 0 Å². The van der Waals surface area contributed by atoms with E-state index in [-0.39, 0.29) is 11.0 Å². The number of benzene rings is 2. The molecule has 0 aliphatic heterocycles. The molecule has 2 N–H and O–H groups in total. The number of hydrogen-bond acceptors (Lipinski definition) is 4. The molecule has 3 aromatic rings. The number of aromatic nitrogens is 2. The molecular formula is C22H25N3O3. The van der Waals surface area contributed by atoms with Crippen molar-refractivity contribution < 1.29 is 14.6 Å². The number of methoxy groups -OCH3 is 1. The highest BCUT2D eigenvalue weighted by atomic mass is 16.5. The van der Waals surface area contributed by atoms with Crippen molar-refractivity contribution in [3.05, 3.63) is 65.4 Å². The topological polar surface area (TPSA) is 76.4 Å².